The molecule has 0 bridgehead atoms. The van der Waals surface area contributed by atoms with Crippen molar-refractivity contribution >= 4 is 0 Å². The van der Waals surface area contributed by atoms with Crippen LogP contribution in [0.5, 0.6) is 0 Å². The van der Waals surface area contributed by atoms with Crippen LogP contribution < -0.4 is 5.32 Å². The smallest absolute Gasteiger partial charge is 0.120 e. The van der Waals surface area contributed by atoms with Crippen LogP contribution in [-0.2, 0) is 13.1 Å². The van der Waals surface area contributed by atoms with E-state index in [0.717, 1.165) is 36.6 Å². The maximum Gasteiger partial charge on any atom is 0.120 e. The Morgan fingerprint density at radius 1 is 1.26 bits per heavy atom. The van der Waals surface area contributed by atoms with Crippen LogP contribution in [0.3, 0.4) is 0 Å². The summed E-state index contributed by atoms with van der Waals surface area (Å²) in [6.07, 6.45) is 5.32. The number of aryl methyl sites for hydroxylation is 1. The molecule has 1 saturated heterocycles. The molecule has 0 unspecified atom stereocenters. The average molecular weight is 262 g/mol. The molecule has 0 aromatic carbocycles. The van der Waals surface area contributed by atoms with Crippen molar-refractivity contribution in [1.82, 2.24) is 10.2 Å². The van der Waals surface area contributed by atoms with E-state index >= 15 is 0 Å². The number of hydrogen-bond donors (Lipinski definition) is 1. The first-order valence-corrected chi connectivity index (χ1v) is 7.74. The third-order valence-corrected chi connectivity index (χ3v) is 4.46. The highest BCUT2D eigenvalue weighted by Gasteiger charge is 2.22. The second-order valence-corrected chi connectivity index (χ2v) is 6.43. The van der Waals surface area contributed by atoms with Crippen molar-refractivity contribution < 1.29 is 4.42 Å². The van der Waals surface area contributed by atoms with Crippen molar-refractivity contribution in [2.75, 3.05) is 13.1 Å². The van der Waals surface area contributed by atoms with Crippen molar-refractivity contribution in [2.45, 2.75) is 58.7 Å². The maximum atomic E-state index is 6.02. The van der Waals surface area contributed by atoms with Gasteiger partial charge in [-0.3, -0.25) is 4.90 Å². The van der Waals surface area contributed by atoms with Crippen molar-refractivity contribution in [3.63, 3.8) is 0 Å². The summed E-state index contributed by atoms with van der Waals surface area (Å²) in [5, 5.41) is 3.53. The molecule has 0 radical (unpaired) electrons. The lowest BCUT2D eigenvalue weighted by Gasteiger charge is -2.29. The van der Waals surface area contributed by atoms with Crippen LogP contribution in [0.2, 0.25) is 0 Å². The highest BCUT2D eigenvalue weighted by molar-refractivity contribution is 5.20. The van der Waals surface area contributed by atoms with Crippen LogP contribution in [0.1, 0.15) is 49.7 Å². The monoisotopic (exact) mass is 262 g/mol. The predicted molar refractivity (Wildman–Crippen MR) is 77.0 cm³/mol. The molecule has 2 fully saturated rings. The Kier molecular flexibility index (Phi) is 3.94. The summed E-state index contributed by atoms with van der Waals surface area (Å²) in [4.78, 5) is 2.52. The second-order valence-electron chi connectivity index (χ2n) is 6.43. The average Bonchev–Trinajstić information content (AvgIpc) is 3.15. The van der Waals surface area contributed by atoms with Gasteiger partial charge >= 0.3 is 0 Å². The third kappa shape index (κ3) is 3.61. The van der Waals surface area contributed by atoms with Gasteiger partial charge in [0.1, 0.15) is 11.5 Å². The Hall–Kier alpha value is -0.800. The van der Waals surface area contributed by atoms with Gasteiger partial charge in [-0.2, -0.15) is 0 Å². The van der Waals surface area contributed by atoms with Gasteiger partial charge in [-0.05, 0) is 63.2 Å². The zero-order valence-electron chi connectivity index (χ0n) is 12.2. The van der Waals surface area contributed by atoms with E-state index in [4.69, 9.17) is 4.42 Å². The molecule has 3 heteroatoms. The molecule has 1 aromatic rings. The number of rotatable bonds is 5. The molecule has 0 amide bonds. The fraction of sp³-hybridized carbons (Fsp3) is 0.750. The third-order valence-electron chi connectivity index (χ3n) is 4.46. The molecule has 0 spiro atoms. The molecule has 2 heterocycles. The first-order chi connectivity index (χ1) is 9.20. The van der Waals surface area contributed by atoms with Gasteiger partial charge in [-0.1, -0.05) is 6.92 Å². The highest BCUT2D eigenvalue weighted by atomic mass is 16.3. The zero-order valence-corrected chi connectivity index (χ0v) is 12.2. The van der Waals surface area contributed by atoms with Crippen LogP contribution in [0, 0.1) is 12.8 Å². The SMILES string of the molecule is Cc1cc(CN2CCC(C)CC2)oc1CNC1CC1. The van der Waals surface area contributed by atoms with Gasteiger partial charge < -0.3 is 9.73 Å². The topological polar surface area (TPSA) is 28.4 Å². The lowest BCUT2D eigenvalue weighted by atomic mass is 9.99. The number of nitrogens with one attached hydrogen (secondary N) is 1. The quantitative estimate of drug-likeness (QED) is 0.884. The summed E-state index contributed by atoms with van der Waals surface area (Å²) in [7, 11) is 0. The minimum absolute atomic E-state index is 0.747. The van der Waals surface area contributed by atoms with Gasteiger partial charge in [0.15, 0.2) is 0 Å². The molecule has 2 aliphatic rings. The number of likely N-dealkylation sites (tertiary alicyclic amines) is 1. The molecule has 0 atom stereocenters. The first kappa shape index (κ1) is 13.2. The number of hydrogen-bond acceptors (Lipinski definition) is 3. The number of piperidine rings is 1. The van der Waals surface area contributed by atoms with Gasteiger partial charge in [0.05, 0.1) is 13.1 Å². The molecule has 19 heavy (non-hydrogen) atoms. The van der Waals surface area contributed by atoms with Gasteiger partial charge in [0.2, 0.25) is 0 Å². The van der Waals surface area contributed by atoms with Crippen LogP contribution in [0.25, 0.3) is 0 Å². The van der Waals surface area contributed by atoms with E-state index in [9.17, 15) is 0 Å². The Morgan fingerprint density at radius 3 is 2.68 bits per heavy atom. The Bertz CT molecular complexity index is 414. The van der Waals surface area contributed by atoms with E-state index in [1.165, 1.54) is 44.3 Å². The molecule has 3 rings (SSSR count). The molecule has 1 aliphatic heterocycles. The lowest BCUT2D eigenvalue weighted by molar-refractivity contribution is 0.172. The molecule has 1 aromatic heterocycles. The first-order valence-electron chi connectivity index (χ1n) is 7.74. The fourth-order valence-corrected chi connectivity index (χ4v) is 2.81. The van der Waals surface area contributed by atoms with E-state index < -0.39 is 0 Å². The molecule has 1 saturated carbocycles. The summed E-state index contributed by atoms with van der Waals surface area (Å²) in [5.74, 6) is 3.17. The summed E-state index contributed by atoms with van der Waals surface area (Å²) in [6.45, 7) is 8.84. The lowest BCUT2D eigenvalue weighted by Crippen LogP contribution is -2.32. The number of nitrogens with zero attached hydrogens (tertiary/aromatic N) is 1. The van der Waals surface area contributed by atoms with Crippen LogP contribution in [0.4, 0.5) is 0 Å². The maximum absolute atomic E-state index is 6.02. The van der Waals surface area contributed by atoms with E-state index in [1.54, 1.807) is 0 Å². The van der Waals surface area contributed by atoms with Gasteiger partial charge in [0.25, 0.3) is 0 Å². The normalized spacial score (nSPS) is 22.0. The van der Waals surface area contributed by atoms with E-state index in [-0.39, 0.29) is 0 Å². The Labute approximate surface area is 116 Å². The largest absolute Gasteiger partial charge is 0.463 e. The van der Waals surface area contributed by atoms with Gasteiger partial charge in [0, 0.05) is 6.04 Å². The zero-order chi connectivity index (χ0) is 13.2. The molecule has 1 aliphatic carbocycles. The minimum atomic E-state index is 0.747. The van der Waals surface area contributed by atoms with Crippen molar-refractivity contribution in [3.05, 3.63) is 23.2 Å². The number of furan rings is 1. The van der Waals surface area contributed by atoms with E-state index in [2.05, 4.69) is 30.1 Å². The van der Waals surface area contributed by atoms with Crippen LogP contribution in [0.15, 0.2) is 10.5 Å². The molecule has 3 nitrogen and oxygen atoms in total. The summed E-state index contributed by atoms with van der Waals surface area (Å²) in [5.41, 5.74) is 1.30. The minimum Gasteiger partial charge on any atom is -0.463 e. The van der Waals surface area contributed by atoms with Crippen molar-refractivity contribution in [2.24, 2.45) is 5.92 Å². The van der Waals surface area contributed by atoms with Gasteiger partial charge in [-0.25, -0.2) is 0 Å². The molecular formula is C16H26N2O. The summed E-state index contributed by atoms with van der Waals surface area (Å²) < 4.78 is 6.02. The highest BCUT2D eigenvalue weighted by Crippen LogP contribution is 2.23. The van der Waals surface area contributed by atoms with Crippen LogP contribution in [-0.4, -0.2) is 24.0 Å². The summed E-state index contributed by atoms with van der Waals surface area (Å²) in [6, 6.07) is 2.97. The van der Waals surface area contributed by atoms with E-state index in [1.807, 2.05) is 0 Å². The Balaban J connectivity index is 1.53. The molecular weight excluding hydrogens is 236 g/mol. The van der Waals surface area contributed by atoms with E-state index in [0.29, 0.717) is 0 Å². The van der Waals surface area contributed by atoms with Crippen molar-refractivity contribution in [3.8, 4) is 0 Å². The summed E-state index contributed by atoms with van der Waals surface area (Å²) >= 11 is 0. The Morgan fingerprint density at radius 2 is 2.00 bits per heavy atom. The van der Waals surface area contributed by atoms with Crippen molar-refractivity contribution in [1.29, 1.82) is 0 Å². The molecule has 106 valence electrons. The predicted octanol–water partition coefficient (Wildman–Crippen LogP) is 3.07. The fourth-order valence-electron chi connectivity index (χ4n) is 2.81. The van der Waals surface area contributed by atoms with Gasteiger partial charge in [-0.15, -0.1) is 0 Å². The standard InChI is InChI=1S/C16H26N2O/c1-12-5-7-18(8-6-12)11-15-9-13(2)16(19-15)10-17-14-3-4-14/h9,12,14,17H,3-8,10-11H2,1-2H3. The second kappa shape index (κ2) is 5.68. The van der Waals surface area contributed by atoms with Crippen LogP contribution >= 0.6 is 0 Å². The molecule has 1 N–H and O–H groups in total.